The Balaban J connectivity index is 2.45. The summed E-state index contributed by atoms with van der Waals surface area (Å²) in [5.74, 6) is 0.730. The number of carbonyl (C=O) groups excluding carboxylic acids is 1. The van der Waals surface area contributed by atoms with Gasteiger partial charge in [0.25, 0.3) is 0 Å². The summed E-state index contributed by atoms with van der Waals surface area (Å²) >= 11 is 0. The molecule has 6 nitrogen and oxygen atoms in total. The summed E-state index contributed by atoms with van der Waals surface area (Å²) in [6.07, 6.45) is -0.145. The minimum absolute atomic E-state index is 0.0658. The van der Waals surface area contributed by atoms with E-state index in [4.69, 9.17) is 4.74 Å². The van der Waals surface area contributed by atoms with Crippen LogP contribution in [-0.2, 0) is 4.79 Å². The van der Waals surface area contributed by atoms with Gasteiger partial charge in [-0.2, -0.15) is 0 Å². The minimum Gasteiger partial charge on any atom is -0.489 e. The van der Waals surface area contributed by atoms with Crippen LogP contribution in [0.5, 0.6) is 5.75 Å². The van der Waals surface area contributed by atoms with Gasteiger partial charge in [-0.05, 0) is 45.0 Å². The molecule has 0 aliphatic rings. The van der Waals surface area contributed by atoms with Crippen LogP contribution >= 0.6 is 0 Å². The Morgan fingerprint density at radius 2 is 1.83 bits per heavy atom. The molecule has 0 heterocycles. The largest absolute Gasteiger partial charge is 0.489 e. The van der Waals surface area contributed by atoms with Crippen molar-refractivity contribution in [2.45, 2.75) is 26.9 Å². The molecule has 0 radical (unpaired) electrons. The van der Waals surface area contributed by atoms with Crippen molar-refractivity contribution in [2.24, 2.45) is 4.99 Å². The predicted molar refractivity (Wildman–Crippen MR) is 89.2 cm³/mol. The maximum absolute atomic E-state index is 12.8. The lowest BCUT2D eigenvalue weighted by Gasteiger charge is -2.17. The van der Waals surface area contributed by atoms with Gasteiger partial charge in [-0.1, -0.05) is 0 Å². The number of nitrogens with zero attached hydrogens (tertiary/aromatic N) is 1. The number of guanidine groups is 1. The lowest BCUT2D eigenvalue weighted by Crippen LogP contribution is -2.42. The van der Waals surface area contributed by atoms with E-state index in [2.05, 4.69) is 20.9 Å². The first-order valence-electron chi connectivity index (χ1n) is 7.76. The molecule has 0 spiro atoms. The third-order valence-electron chi connectivity index (χ3n) is 2.81. The van der Waals surface area contributed by atoms with Gasteiger partial charge in [-0.3, -0.25) is 4.79 Å². The summed E-state index contributed by atoms with van der Waals surface area (Å²) in [5.41, 5.74) is 0. The molecular weight excluding hydrogens is 299 g/mol. The molecule has 1 aromatic rings. The lowest BCUT2D eigenvalue weighted by molar-refractivity contribution is -0.119. The topological polar surface area (TPSA) is 74.8 Å². The molecule has 1 aromatic carbocycles. The zero-order chi connectivity index (χ0) is 17.1. The zero-order valence-corrected chi connectivity index (χ0v) is 13.9. The second kappa shape index (κ2) is 10.4. The molecular formula is C16H25FN4O2. The molecule has 0 fully saturated rings. The van der Waals surface area contributed by atoms with E-state index in [1.165, 1.54) is 12.1 Å². The number of hydrogen-bond donors (Lipinski definition) is 3. The summed E-state index contributed by atoms with van der Waals surface area (Å²) in [6, 6.07) is 5.88. The van der Waals surface area contributed by atoms with Crippen LogP contribution in [0.25, 0.3) is 0 Å². The third-order valence-corrected chi connectivity index (χ3v) is 2.81. The number of nitrogens with one attached hydrogen (secondary N) is 3. The van der Waals surface area contributed by atoms with E-state index in [0.717, 1.165) is 0 Å². The van der Waals surface area contributed by atoms with Crippen LogP contribution in [0.4, 0.5) is 4.39 Å². The lowest BCUT2D eigenvalue weighted by atomic mass is 10.3. The van der Waals surface area contributed by atoms with Crippen molar-refractivity contribution in [3.63, 3.8) is 0 Å². The summed E-state index contributed by atoms with van der Waals surface area (Å²) in [5, 5.41) is 8.86. The molecule has 1 rings (SSSR count). The van der Waals surface area contributed by atoms with E-state index >= 15 is 0 Å². The van der Waals surface area contributed by atoms with Crippen molar-refractivity contribution in [2.75, 3.05) is 26.2 Å². The van der Waals surface area contributed by atoms with Crippen molar-refractivity contribution >= 4 is 11.9 Å². The summed E-state index contributed by atoms with van der Waals surface area (Å²) in [4.78, 5) is 15.6. The van der Waals surface area contributed by atoms with Crippen molar-refractivity contribution in [1.29, 1.82) is 0 Å². The number of rotatable bonds is 8. The zero-order valence-electron chi connectivity index (χ0n) is 13.9. The number of halogens is 1. The van der Waals surface area contributed by atoms with Crippen LogP contribution in [0.3, 0.4) is 0 Å². The van der Waals surface area contributed by atoms with Gasteiger partial charge in [-0.25, -0.2) is 9.38 Å². The van der Waals surface area contributed by atoms with Gasteiger partial charge in [0.05, 0.1) is 6.54 Å². The number of likely N-dealkylation sites (N-methyl/N-ethyl adjacent to an activating group) is 1. The quantitative estimate of drug-likeness (QED) is 0.497. The van der Waals surface area contributed by atoms with Crippen LogP contribution < -0.4 is 20.7 Å². The molecule has 0 aromatic heterocycles. The van der Waals surface area contributed by atoms with Crippen LogP contribution in [-0.4, -0.2) is 44.1 Å². The molecule has 3 N–H and O–H groups in total. The van der Waals surface area contributed by atoms with Crippen molar-refractivity contribution in [1.82, 2.24) is 16.0 Å². The Hall–Kier alpha value is -2.31. The van der Waals surface area contributed by atoms with E-state index in [9.17, 15) is 9.18 Å². The Bertz CT molecular complexity index is 505. The molecule has 23 heavy (non-hydrogen) atoms. The smallest absolute Gasteiger partial charge is 0.241 e. The summed E-state index contributed by atoms with van der Waals surface area (Å²) < 4.78 is 18.5. The minimum atomic E-state index is -0.296. The average Bonchev–Trinajstić information content (AvgIpc) is 2.52. The molecule has 128 valence electrons. The fraction of sp³-hybridized carbons (Fsp3) is 0.500. The first kappa shape index (κ1) is 18.7. The highest BCUT2D eigenvalue weighted by Gasteiger charge is 2.06. The van der Waals surface area contributed by atoms with Crippen molar-refractivity contribution < 1.29 is 13.9 Å². The number of ether oxygens (including phenoxy) is 1. The van der Waals surface area contributed by atoms with E-state index in [-0.39, 0.29) is 24.4 Å². The molecule has 1 amide bonds. The molecule has 0 bridgehead atoms. The highest BCUT2D eigenvalue weighted by atomic mass is 19.1. The highest BCUT2D eigenvalue weighted by Crippen LogP contribution is 2.12. The fourth-order valence-corrected chi connectivity index (χ4v) is 1.77. The molecule has 0 saturated carbocycles. The number of amides is 1. The Kier molecular flexibility index (Phi) is 8.49. The van der Waals surface area contributed by atoms with Gasteiger partial charge in [0.2, 0.25) is 5.91 Å². The fourth-order valence-electron chi connectivity index (χ4n) is 1.77. The Labute approximate surface area is 136 Å². The maximum atomic E-state index is 12.8. The molecule has 7 heteroatoms. The van der Waals surface area contributed by atoms with E-state index in [1.807, 2.05) is 20.8 Å². The van der Waals surface area contributed by atoms with Crippen molar-refractivity contribution in [3.05, 3.63) is 30.1 Å². The van der Waals surface area contributed by atoms with Gasteiger partial charge < -0.3 is 20.7 Å². The van der Waals surface area contributed by atoms with E-state index in [0.29, 0.717) is 31.3 Å². The summed E-state index contributed by atoms with van der Waals surface area (Å²) in [6.45, 7) is 7.54. The second-order valence-corrected chi connectivity index (χ2v) is 4.91. The van der Waals surface area contributed by atoms with Crippen LogP contribution in [0.2, 0.25) is 0 Å². The Morgan fingerprint density at radius 1 is 1.17 bits per heavy atom. The number of carbonyl (C=O) groups is 1. The van der Waals surface area contributed by atoms with Gasteiger partial charge >= 0.3 is 0 Å². The molecule has 0 saturated heterocycles. The number of benzene rings is 1. The van der Waals surface area contributed by atoms with Crippen LogP contribution in [0.15, 0.2) is 29.3 Å². The Morgan fingerprint density at radius 3 is 2.43 bits per heavy atom. The highest BCUT2D eigenvalue weighted by molar-refractivity contribution is 5.84. The summed E-state index contributed by atoms with van der Waals surface area (Å²) in [7, 11) is 0. The maximum Gasteiger partial charge on any atom is 0.241 e. The normalized spacial score (nSPS) is 12.4. The third kappa shape index (κ3) is 8.04. The molecule has 1 atom stereocenters. The van der Waals surface area contributed by atoms with Crippen LogP contribution in [0, 0.1) is 5.82 Å². The van der Waals surface area contributed by atoms with Crippen LogP contribution in [0.1, 0.15) is 20.8 Å². The molecule has 0 aliphatic heterocycles. The second-order valence-electron chi connectivity index (χ2n) is 4.91. The van der Waals surface area contributed by atoms with E-state index < -0.39 is 0 Å². The predicted octanol–water partition coefficient (Wildman–Crippen LogP) is 1.28. The SMILES string of the molecule is CCNC(=O)CN=C(NCC)NCC(C)Oc1ccc(F)cc1. The number of aliphatic imine (C=N–C) groups is 1. The first-order valence-corrected chi connectivity index (χ1v) is 7.76. The average molecular weight is 324 g/mol. The van der Waals surface area contributed by atoms with Gasteiger partial charge in [-0.15, -0.1) is 0 Å². The standard InChI is InChI=1S/C16H25FN4O2/c1-4-18-15(22)11-21-16(19-5-2)20-10-12(3)23-14-8-6-13(17)7-9-14/h6-9,12H,4-5,10-11H2,1-3H3,(H,18,22)(H2,19,20,21). The monoisotopic (exact) mass is 324 g/mol. The van der Waals surface area contributed by atoms with Gasteiger partial charge in [0.15, 0.2) is 5.96 Å². The van der Waals surface area contributed by atoms with Gasteiger partial charge in [0, 0.05) is 13.1 Å². The van der Waals surface area contributed by atoms with Gasteiger partial charge in [0.1, 0.15) is 24.2 Å². The molecule has 0 aliphatic carbocycles. The van der Waals surface area contributed by atoms with Crippen molar-refractivity contribution in [3.8, 4) is 5.75 Å². The van der Waals surface area contributed by atoms with E-state index in [1.54, 1.807) is 12.1 Å². The number of hydrogen-bond acceptors (Lipinski definition) is 3. The first-order chi connectivity index (χ1) is 11.0. The molecule has 1 unspecified atom stereocenters.